The molecule has 118 valence electrons. The molecule has 0 aromatic carbocycles. The topological polar surface area (TPSA) is 107 Å². The normalized spacial score (nSPS) is 17.7. The monoisotopic (exact) mass is 299 g/mol. The summed E-state index contributed by atoms with van der Waals surface area (Å²) in [5, 5.41) is 11.7. The number of carbonyl (C=O) groups excluding carboxylic acids is 3. The van der Waals surface area contributed by atoms with Gasteiger partial charge in [-0.1, -0.05) is 0 Å². The maximum absolute atomic E-state index is 12.3. The minimum atomic E-state index is -1.42. The molecule has 0 aliphatic carbocycles. The van der Waals surface area contributed by atoms with Crippen LogP contribution in [-0.2, 0) is 14.4 Å². The predicted molar refractivity (Wildman–Crippen MR) is 73.4 cm³/mol. The Morgan fingerprint density at radius 1 is 1.33 bits per heavy atom. The van der Waals surface area contributed by atoms with Gasteiger partial charge in [0.25, 0.3) is 5.91 Å². The third-order valence-electron chi connectivity index (χ3n) is 3.55. The maximum atomic E-state index is 12.3. The molecule has 1 heterocycles. The molecular formula is C13H21N3O5. The molecule has 2 N–H and O–H groups in total. The van der Waals surface area contributed by atoms with E-state index in [0.717, 1.165) is 9.80 Å². The lowest BCUT2D eigenvalue weighted by atomic mass is 10.0. The van der Waals surface area contributed by atoms with Crippen LogP contribution in [0.25, 0.3) is 0 Å². The Balaban J connectivity index is 2.93. The summed E-state index contributed by atoms with van der Waals surface area (Å²) in [6, 6.07) is -0.650. The van der Waals surface area contributed by atoms with Crippen LogP contribution >= 0.6 is 0 Å². The second kappa shape index (κ2) is 5.34. The number of urea groups is 1. The van der Waals surface area contributed by atoms with Gasteiger partial charge in [-0.3, -0.25) is 14.5 Å². The second-order valence-corrected chi connectivity index (χ2v) is 5.95. The van der Waals surface area contributed by atoms with Crippen molar-refractivity contribution in [2.24, 2.45) is 0 Å². The lowest BCUT2D eigenvalue weighted by Gasteiger charge is -2.35. The molecule has 0 aromatic heterocycles. The zero-order valence-electron chi connectivity index (χ0n) is 12.9. The first-order valence-electron chi connectivity index (χ1n) is 6.63. The Morgan fingerprint density at radius 3 is 2.19 bits per heavy atom. The fourth-order valence-electron chi connectivity index (χ4n) is 2.18. The zero-order chi connectivity index (χ0) is 16.6. The van der Waals surface area contributed by atoms with Crippen LogP contribution in [-0.4, -0.2) is 62.9 Å². The summed E-state index contributed by atoms with van der Waals surface area (Å²) in [6.45, 7) is 7.19. The Morgan fingerprint density at radius 2 is 1.86 bits per heavy atom. The third-order valence-corrected chi connectivity index (χ3v) is 3.55. The van der Waals surface area contributed by atoms with Crippen molar-refractivity contribution in [1.29, 1.82) is 0 Å². The number of carboxylic acid groups (broad SMARTS) is 1. The van der Waals surface area contributed by atoms with Crippen molar-refractivity contribution in [2.75, 3.05) is 13.1 Å². The summed E-state index contributed by atoms with van der Waals surface area (Å²) in [4.78, 5) is 49.2. The van der Waals surface area contributed by atoms with Crippen molar-refractivity contribution in [1.82, 2.24) is 15.1 Å². The molecule has 0 spiro atoms. The Kier molecular flexibility index (Phi) is 4.31. The molecule has 4 amide bonds. The molecular weight excluding hydrogens is 278 g/mol. The van der Waals surface area contributed by atoms with E-state index < -0.39 is 41.4 Å². The number of rotatable bonds is 5. The number of hydrogen-bond donors (Lipinski definition) is 2. The van der Waals surface area contributed by atoms with Crippen molar-refractivity contribution in [2.45, 2.75) is 45.7 Å². The number of nitrogens with zero attached hydrogens (tertiary/aromatic N) is 2. The molecule has 1 saturated heterocycles. The van der Waals surface area contributed by atoms with Crippen LogP contribution < -0.4 is 5.32 Å². The third kappa shape index (κ3) is 2.98. The van der Waals surface area contributed by atoms with Crippen molar-refractivity contribution < 1.29 is 24.3 Å². The summed E-state index contributed by atoms with van der Waals surface area (Å²) >= 11 is 0. The smallest absolute Gasteiger partial charge is 0.329 e. The maximum Gasteiger partial charge on any atom is 0.329 e. The quantitative estimate of drug-likeness (QED) is 0.696. The fraction of sp³-hybridized carbons (Fsp3) is 0.692. The van der Waals surface area contributed by atoms with Crippen LogP contribution in [0.1, 0.15) is 34.6 Å². The molecule has 8 heteroatoms. The van der Waals surface area contributed by atoms with E-state index >= 15 is 0 Å². The summed E-state index contributed by atoms with van der Waals surface area (Å²) in [5.41, 5.74) is -2.47. The molecule has 0 bridgehead atoms. The van der Waals surface area contributed by atoms with E-state index in [1.165, 1.54) is 27.7 Å². The predicted octanol–water partition coefficient (Wildman–Crippen LogP) is 0.0285. The summed E-state index contributed by atoms with van der Waals surface area (Å²) in [5.74, 6) is -2.26. The number of aliphatic carboxylic acids is 1. The number of amides is 4. The number of nitrogens with one attached hydrogen (secondary N) is 1. The first-order valence-corrected chi connectivity index (χ1v) is 6.63. The van der Waals surface area contributed by atoms with Crippen LogP contribution in [0.5, 0.6) is 0 Å². The average molecular weight is 299 g/mol. The average Bonchev–Trinajstić information content (AvgIpc) is 2.52. The highest BCUT2D eigenvalue weighted by molar-refractivity contribution is 6.08. The highest BCUT2D eigenvalue weighted by Gasteiger charge is 2.46. The van der Waals surface area contributed by atoms with Gasteiger partial charge in [-0.05, 0) is 34.6 Å². The first kappa shape index (κ1) is 16.9. The van der Waals surface area contributed by atoms with Gasteiger partial charge in [0.2, 0.25) is 5.91 Å². The Hall–Kier alpha value is -2.12. The summed E-state index contributed by atoms with van der Waals surface area (Å²) in [7, 11) is 0. The zero-order valence-corrected chi connectivity index (χ0v) is 12.9. The number of carboxylic acids is 1. The van der Waals surface area contributed by atoms with Crippen molar-refractivity contribution in [3.8, 4) is 0 Å². The minimum Gasteiger partial charge on any atom is -0.480 e. The molecule has 1 rings (SSSR count). The van der Waals surface area contributed by atoms with Crippen LogP contribution in [0.3, 0.4) is 0 Å². The first-order chi connectivity index (χ1) is 9.45. The van der Waals surface area contributed by atoms with E-state index in [0.29, 0.717) is 0 Å². The van der Waals surface area contributed by atoms with E-state index in [2.05, 4.69) is 5.32 Å². The van der Waals surface area contributed by atoms with Crippen LogP contribution in [0.4, 0.5) is 4.79 Å². The SMILES string of the molecule is CCN(C(=O)CN1C(=O)NC(C)(C)C1=O)C(C)(C)C(=O)O. The van der Waals surface area contributed by atoms with Crippen molar-refractivity contribution in [3.05, 3.63) is 0 Å². The van der Waals surface area contributed by atoms with Gasteiger partial charge >= 0.3 is 12.0 Å². The molecule has 0 aromatic rings. The second-order valence-electron chi connectivity index (χ2n) is 5.95. The number of carbonyl (C=O) groups is 4. The van der Waals surface area contributed by atoms with E-state index in [4.69, 9.17) is 0 Å². The summed E-state index contributed by atoms with van der Waals surface area (Å²) in [6.07, 6.45) is 0. The standard InChI is InChI=1S/C13H21N3O5/c1-6-16(13(4,5)10(19)20)8(17)7-15-9(18)12(2,3)14-11(15)21/h6-7H2,1-5H3,(H,14,21)(H,19,20). The highest BCUT2D eigenvalue weighted by atomic mass is 16.4. The van der Waals surface area contributed by atoms with Gasteiger partial charge in [-0.15, -0.1) is 0 Å². The van der Waals surface area contributed by atoms with Crippen LogP contribution in [0.15, 0.2) is 0 Å². The molecule has 21 heavy (non-hydrogen) atoms. The number of hydrogen-bond acceptors (Lipinski definition) is 4. The molecule has 1 aliphatic heterocycles. The molecule has 0 atom stereocenters. The Bertz CT molecular complexity index is 498. The van der Waals surface area contributed by atoms with Gasteiger partial charge in [0, 0.05) is 6.54 Å². The van der Waals surface area contributed by atoms with E-state index in [-0.39, 0.29) is 6.54 Å². The fourth-order valence-corrected chi connectivity index (χ4v) is 2.18. The molecule has 0 unspecified atom stereocenters. The van der Waals surface area contributed by atoms with Gasteiger partial charge in [-0.2, -0.15) is 0 Å². The largest absolute Gasteiger partial charge is 0.480 e. The molecule has 0 radical (unpaired) electrons. The Labute approximate surface area is 123 Å². The molecule has 0 saturated carbocycles. The lowest BCUT2D eigenvalue weighted by Crippen LogP contribution is -2.56. The number of imide groups is 1. The van der Waals surface area contributed by atoms with Crippen LogP contribution in [0, 0.1) is 0 Å². The van der Waals surface area contributed by atoms with Crippen molar-refractivity contribution in [3.63, 3.8) is 0 Å². The molecule has 1 fully saturated rings. The van der Waals surface area contributed by atoms with E-state index in [9.17, 15) is 24.3 Å². The van der Waals surface area contributed by atoms with Crippen molar-refractivity contribution >= 4 is 23.8 Å². The van der Waals surface area contributed by atoms with E-state index in [1.54, 1.807) is 6.92 Å². The molecule has 1 aliphatic rings. The summed E-state index contributed by atoms with van der Waals surface area (Å²) < 4.78 is 0. The lowest BCUT2D eigenvalue weighted by molar-refractivity contribution is -0.157. The van der Waals surface area contributed by atoms with Gasteiger partial charge < -0.3 is 15.3 Å². The van der Waals surface area contributed by atoms with Gasteiger partial charge in [0.1, 0.15) is 17.6 Å². The van der Waals surface area contributed by atoms with Gasteiger partial charge in [0.05, 0.1) is 0 Å². The van der Waals surface area contributed by atoms with E-state index in [1.807, 2.05) is 0 Å². The van der Waals surface area contributed by atoms with Gasteiger partial charge in [-0.25, -0.2) is 9.59 Å². The number of likely N-dealkylation sites (N-methyl/N-ethyl adjacent to an activating group) is 1. The minimum absolute atomic E-state index is 0.158. The van der Waals surface area contributed by atoms with Gasteiger partial charge in [0.15, 0.2) is 0 Å². The highest BCUT2D eigenvalue weighted by Crippen LogP contribution is 2.19. The van der Waals surface area contributed by atoms with Crippen LogP contribution in [0.2, 0.25) is 0 Å². The molecule has 8 nitrogen and oxygen atoms in total.